The molecule has 0 radical (unpaired) electrons. The summed E-state index contributed by atoms with van der Waals surface area (Å²) in [6.45, 7) is 3.75. The Morgan fingerprint density at radius 1 is 1.73 bits per heavy atom. The van der Waals surface area contributed by atoms with Crippen LogP contribution in [0.5, 0.6) is 0 Å². The minimum Gasteiger partial charge on any atom is -0.317 e. The van der Waals surface area contributed by atoms with Crippen molar-refractivity contribution >= 4 is 22.4 Å². The largest absolute Gasteiger partial charge is 0.317 e. The molecule has 1 atom stereocenters. The fourth-order valence-corrected chi connectivity index (χ4v) is 2.17. The number of nitrogens with one attached hydrogen (secondary N) is 1. The van der Waals surface area contributed by atoms with Crippen molar-refractivity contribution in [3.05, 3.63) is 11.1 Å². The first-order valence-corrected chi connectivity index (χ1v) is 5.84. The van der Waals surface area contributed by atoms with E-state index in [9.17, 15) is 4.79 Å². The van der Waals surface area contributed by atoms with Crippen molar-refractivity contribution in [2.75, 3.05) is 5.32 Å². The summed E-state index contributed by atoms with van der Waals surface area (Å²) in [6.07, 6.45) is 3.85. The third kappa shape index (κ3) is 2.18. The lowest BCUT2D eigenvalue weighted by molar-refractivity contribution is -0.121. The summed E-state index contributed by atoms with van der Waals surface area (Å²) in [5.74, 6) is 0.206. The summed E-state index contributed by atoms with van der Waals surface area (Å²) >= 11 is 1.47. The molecule has 1 aromatic heterocycles. The smallest absolute Gasteiger partial charge is 0.246 e. The van der Waals surface area contributed by atoms with Crippen LogP contribution in [0.1, 0.15) is 24.6 Å². The summed E-state index contributed by atoms with van der Waals surface area (Å²) in [6, 6.07) is 0. The molecule has 2 rings (SSSR count). The molecule has 0 aliphatic heterocycles. The number of aromatic nitrogens is 1. The molecule has 4 nitrogen and oxygen atoms in total. The van der Waals surface area contributed by atoms with Gasteiger partial charge in [-0.1, -0.05) is 0 Å². The van der Waals surface area contributed by atoms with Crippen LogP contribution >= 0.6 is 11.3 Å². The first kappa shape index (κ1) is 10.6. The third-order valence-corrected chi connectivity index (χ3v) is 3.58. The van der Waals surface area contributed by atoms with Crippen LogP contribution in [0.25, 0.3) is 0 Å². The highest BCUT2D eigenvalue weighted by Crippen LogP contribution is 2.38. The van der Waals surface area contributed by atoms with E-state index in [2.05, 4.69) is 10.3 Å². The molecule has 1 aliphatic rings. The normalized spacial score (nSPS) is 19.7. The van der Waals surface area contributed by atoms with E-state index in [1.54, 1.807) is 13.1 Å². The fourth-order valence-electron chi connectivity index (χ4n) is 1.51. The van der Waals surface area contributed by atoms with E-state index in [0.717, 1.165) is 17.7 Å². The lowest BCUT2D eigenvalue weighted by Crippen LogP contribution is -2.50. The van der Waals surface area contributed by atoms with E-state index in [1.165, 1.54) is 11.3 Å². The second-order valence-corrected chi connectivity index (χ2v) is 5.52. The summed E-state index contributed by atoms with van der Waals surface area (Å²) < 4.78 is 0. The van der Waals surface area contributed by atoms with Crippen molar-refractivity contribution in [3.63, 3.8) is 0 Å². The number of aryl methyl sites for hydroxylation is 1. The Labute approximate surface area is 92.9 Å². The van der Waals surface area contributed by atoms with Gasteiger partial charge in [-0.25, -0.2) is 4.98 Å². The molecule has 3 N–H and O–H groups in total. The van der Waals surface area contributed by atoms with Gasteiger partial charge in [0.05, 0.1) is 5.54 Å². The molecule has 0 spiro atoms. The van der Waals surface area contributed by atoms with Gasteiger partial charge in [0.25, 0.3) is 0 Å². The molecule has 82 valence electrons. The van der Waals surface area contributed by atoms with Crippen LogP contribution in [0, 0.1) is 12.8 Å². The predicted molar refractivity (Wildman–Crippen MR) is 60.8 cm³/mol. The number of carbonyl (C=O) groups excluding carboxylic acids is 1. The number of hydrogen-bond acceptors (Lipinski definition) is 4. The van der Waals surface area contributed by atoms with Crippen LogP contribution < -0.4 is 11.1 Å². The van der Waals surface area contributed by atoms with Crippen molar-refractivity contribution < 1.29 is 4.79 Å². The predicted octanol–water partition coefficient (Wildman–Crippen LogP) is 1.52. The van der Waals surface area contributed by atoms with Crippen LogP contribution in [0.4, 0.5) is 5.13 Å². The van der Waals surface area contributed by atoms with Crippen molar-refractivity contribution in [1.29, 1.82) is 0 Å². The number of hydrogen-bond donors (Lipinski definition) is 2. The van der Waals surface area contributed by atoms with Gasteiger partial charge in [-0.2, -0.15) is 0 Å². The molecule has 0 aromatic carbocycles. The molecule has 1 saturated carbocycles. The molecular formula is C10H15N3OS. The molecule has 1 fully saturated rings. The monoisotopic (exact) mass is 225 g/mol. The lowest BCUT2D eigenvalue weighted by Gasteiger charge is -2.22. The van der Waals surface area contributed by atoms with Gasteiger partial charge < -0.3 is 11.1 Å². The van der Waals surface area contributed by atoms with Crippen molar-refractivity contribution in [3.8, 4) is 0 Å². The van der Waals surface area contributed by atoms with Gasteiger partial charge in [0.1, 0.15) is 0 Å². The molecular weight excluding hydrogens is 210 g/mol. The van der Waals surface area contributed by atoms with Gasteiger partial charge in [0.2, 0.25) is 5.91 Å². The summed E-state index contributed by atoms with van der Waals surface area (Å²) in [5, 5.41) is 3.40. The number of rotatable bonds is 3. The number of nitrogens with zero attached hydrogens (tertiary/aromatic N) is 1. The average molecular weight is 225 g/mol. The Bertz CT molecular complexity index is 382. The number of anilines is 1. The zero-order chi connectivity index (χ0) is 11.1. The molecule has 5 heteroatoms. The van der Waals surface area contributed by atoms with Crippen molar-refractivity contribution in [2.45, 2.75) is 32.2 Å². The minimum absolute atomic E-state index is 0.126. The maximum absolute atomic E-state index is 11.9. The Morgan fingerprint density at radius 2 is 2.40 bits per heavy atom. The fraction of sp³-hybridized carbons (Fsp3) is 0.600. The maximum Gasteiger partial charge on any atom is 0.246 e. The SMILES string of the molecule is Cc1cnc(NC(=O)C(C)(N)C2CC2)s1. The zero-order valence-electron chi connectivity index (χ0n) is 8.91. The first-order chi connectivity index (χ1) is 7.00. The van der Waals surface area contributed by atoms with Gasteiger partial charge in [0, 0.05) is 11.1 Å². The second kappa shape index (κ2) is 3.57. The van der Waals surface area contributed by atoms with Gasteiger partial charge in [0.15, 0.2) is 5.13 Å². The van der Waals surface area contributed by atoms with Gasteiger partial charge in [-0.3, -0.25) is 4.79 Å². The summed E-state index contributed by atoms with van der Waals surface area (Å²) in [4.78, 5) is 17.0. The van der Waals surface area contributed by atoms with Gasteiger partial charge in [-0.05, 0) is 32.6 Å². The summed E-state index contributed by atoms with van der Waals surface area (Å²) in [5.41, 5.74) is 5.23. The van der Waals surface area contributed by atoms with Gasteiger partial charge in [-0.15, -0.1) is 11.3 Å². The lowest BCUT2D eigenvalue weighted by atomic mass is 9.96. The van der Waals surface area contributed by atoms with E-state index in [0.29, 0.717) is 11.0 Å². The van der Waals surface area contributed by atoms with Crippen molar-refractivity contribution in [2.24, 2.45) is 11.7 Å². The Hall–Kier alpha value is -0.940. The van der Waals surface area contributed by atoms with Crippen LogP contribution in [0.3, 0.4) is 0 Å². The Balaban J connectivity index is 2.03. The molecule has 0 bridgehead atoms. The Morgan fingerprint density at radius 3 is 2.87 bits per heavy atom. The standard InChI is InChI=1S/C10H15N3OS/c1-6-5-12-9(15-6)13-8(14)10(2,11)7-3-4-7/h5,7H,3-4,11H2,1-2H3,(H,12,13,14). The van der Waals surface area contributed by atoms with Crippen LogP contribution in [-0.4, -0.2) is 16.4 Å². The molecule has 1 amide bonds. The maximum atomic E-state index is 11.9. The highest BCUT2D eigenvalue weighted by molar-refractivity contribution is 7.15. The number of amides is 1. The first-order valence-electron chi connectivity index (χ1n) is 5.03. The zero-order valence-corrected chi connectivity index (χ0v) is 9.73. The van der Waals surface area contributed by atoms with Crippen molar-refractivity contribution in [1.82, 2.24) is 4.98 Å². The van der Waals surface area contributed by atoms with Gasteiger partial charge >= 0.3 is 0 Å². The number of thiazole rings is 1. The van der Waals surface area contributed by atoms with E-state index in [4.69, 9.17) is 5.73 Å². The van der Waals surface area contributed by atoms with Crippen LogP contribution in [0.2, 0.25) is 0 Å². The quantitative estimate of drug-likeness (QED) is 0.819. The van der Waals surface area contributed by atoms with E-state index in [-0.39, 0.29) is 5.91 Å². The van der Waals surface area contributed by atoms with Crippen LogP contribution in [0.15, 0.2) is 6.20 Å². The molecule has 1 aromatic rings. The average Bonchev–Trinajstić information content (AvgIpc) is 2.92. The van der Waals surface area contributed by atoms with E-state index >= 15 is 0 Å². The van der Waals surface area contributed by atoms with E-state index < -0.39 is 5.54 Å². The summed E-state index contributed by atoms with van der Waals surface area (Å²) in [7, 11) is 0. The Kier molecular flexibility index (Phi) is 2.52. The van der Waals surface area contributed by atoms with E-state index in [1.807, 2.05) is 6.92 Å². The molecule has 0 saturated heterocycles. The molecule has 15 heavy (non-hydrogen) atoms. The number of nitrogens with two attached hydrogens (primary N) is 1. The molecule has 1 aliphatic carbocycles. The second-order valence-electron chi connectivity index (χ2n) is 4.29. The topological polar surface area (TPSA) is 68.0 Å². The highest BCUT2D eigenvalue weighted by Gasteiger charge is 2.44. The number of carbonyl (C=O) groups is 1. The molecule has 1 unspecified atom stereocenters. The third-order valence-electron chi connectivity index (χ3n) is 2.76. The van der Waals surface area contributed by atoms with Crippen LogP contribution in [-0.2, 0) is 4.79 Å². The minimum atomic E-state index is -0.750. The highest BCUT2D eigenvalue weighted by atomic mass is 32.1. The molecule has 1 heterocycles.